The Morgan fingerprint density at radius 1 is 1.39 bits per heavy atom. The molecule has 2 saturated heterocycles. The lowest BCUT2D eigenvalue weighted by Crippen LogP contribution is -2.57. The molecule has 1 aliphatic carbocycles. The smallest absolute Gasteiger partial charge is 0.410 e. The number of ether oxygens (including phenoxy) is 2. The van der Waals surface area contributed by atoms with Crippen LogP contribution in [0.2, 0.25) is 0 Å². The van der Waals surface area contributed by atoms with Crippen LogP contribution in [0.3, 0.4) is 0 Å². The van der Waals surface area contributed by atoms with E-state index >= 15 is 0 Å². The van der Waals surface area contributed by atoms with E-state index in [1.54, 1.807) is 7.11 Å². The molecule has 18 heavy (non-hydrogen) atoms. The highest BCUT2D eigenvalue weighted by atomic mass is 16.6. The van der Waals surface area contributed by atoms with Crippen LogP contribution in [0.25, 0.3) is 0 Å². The number of hydrogen-bond donors (Lipinski definition) is 0. The molecule has 0 radical (unpaired) electrons. The first-order valence-corrected chi connectivity index (χ1v) is 7.13. The second-order valence-electron chi connectivity index (χ2n) is 5.76. The van der Waals surface area contributed by atoms with Crippen LogP contribution >= 0.6 is 0 Å². The third kappa shape index (κ3) is 2.79. The molecule has 0 aromatic carbocycles. The molecule has 1 saturated carbocycles. The van der Waals surface area contributed by atoms with Crippen molar-refractivity contribution in [2.75, 3.05) is 26.9 Å². The molecular formula is C14H25NO3. The number of carbonyl (C=O) groups is 1. The fourth-order valence-electron chi connectivity index (χ4n) is 3.27. The lowest BCUT2D eigenvalue weighted by atomic mass is 9.68. The van der Waals surface area contributed by atoms with Gasteiger partial charge >= 0.3 is 6.09 Å². The summed E-state index contributed by atoms with van der Waals surface area (Å²) >= 11 is 0. The monoisotopic (exact) mass is 255 g/mol. The molecule has 2 bridgehead atoms. The highest BCUT2D eigenvalue weighted by molar-refractivity contribution is 5.68. The Hall–Kier alpha value is -0.770. The van der Waals surface area contributed by atoms with E-state index in [0.29, 0.717) is 12.6 Å². The van der Waals surface area contributed by atoms with Gasteiger partial charge in [-0.2, -0.15) is 0 Å². The Balaban J connectivity index is 1.91. The number of piperidine rings is 2. The summed E-state index contributed by atoms with van der Waals surface area (Å²) in [6.07, 6.45) is 6.47. The average molecular weight is 255 g/mol. The van der Waals surface area contributed by atoms with Crippen LogP contribution in [-0.4, -0.2) is 43.9 Å². The van der Waals surface area contributed by atoms with E-state index in [2.05, 4.69) is 6.92 Å². The second-order valence-corrected chi connectivity index (χ2v) is 5.76. The highest BCUT2D eigenvalue weighted by Crippen LogP contribution is 2.44. The van der Waals surface area contributed by atoms with Gasteiger partial charge in [-0.1, -0.05) is 13.3 Å². The van der Waals surface area contributed by atoms with Gasteiger partial charge in [-0.15, -0.1) is 0 Å². The van der Waals surface area contributed by atoms with Gasteiger partial charge in [0.25, 0.3) is 0 Å². The van der Waals surface area contributed by atoms with Gasteiger partial charge in [0, 0.05) is 25.1 Å². The highest BCUT2D eigenvalue weighted by Gasteiger charge is 2.46. The fraction of sp³-hybridized carbons (Fsp3) is 0.929. The van der Waals surface area contributed by atoms with E-state index in [1.165, 1.54) is 12.8 Å². The molecule has 3 fully saturated rings. The second kappa shape index (κ2) is 5.91. The van der Waals surface area contributed by atoms with E-state index in [-0.39, 0.29) is 11.5 Å². The summed E-state index contributed by atoms with van der Waals surface area (Å²) in [5.74, 6) is 0. The zero-order chi connectivity index (χ0) is 13.0. The minimum absolute atomic E-state index is 0.117. The molecule has 0 spiro atoms. The number of carbonyl (C=O) groups excluding carboxylic acids is 1. The first-order chi connectivity index (χ1) is 8.71. The van der Waals surface area contributed by atoms with Crippen molar-refractivity contribution in [1.82, 2.24) is 4.90 Å². The van der Waals surface area contributed by atoms with Crippen LogP contribution in [0.15, 0.2) is 0 Å². The zero-order valence-electron chi connectivity index (χ0n) is 11.6. The molecule has 3 rings (SSSR count). The van der Waals surface area contributed by atoms with Crippen LogP contribution < -0.4 is 0 Å². The minimum Gasteiger partial charge on any atom is -0.449 e. The zero-order valence-corrected chi connectivity index (χ0v) is 11.6. The van der Waals surface area contributed by atoms with Crippen LogP contribution in [0, 0.1) is 5.41 Å². The molecule has 1 amide bonds. The summed E-state index contributed by atoms with van der Waals surface area (Å²) in [4.78, 5) is 14.0. The van der Waals surface area contributed by atoms with Crippen molar-refractivity contribution in [3.05, 3.63) is 0 Å². The predicted molar refractivity (Wildman–Crippen MR) is 69.5 cm³/mol. The largest absolute Gasteiger partial charge is 0.449 e. The van der Waals surface area contributed by atoms with Crippen molar-refractivity contribution in [3.63, 3.8) is 0 Å². The predicted octanol–water partition coefficient (Wildman–Crippen LogP) is 2.81. The number of unbranched alkanes of at least 4 members (excludes halogenated alkanes) is 1. The maximum absolute atomic E-state index is 12.1. The van der Waals surface area contributed by atoms with Crippen LogP contribution in [0.1, 0.15) is 45.4 Å². The van der Waals surface area contributed by atoms with Crippen LogP contribution in [0.4, 0.5) is 4.79 Å². The molecule has 3 aliphatic rings. The maximum Gasteiger partial charge on any atom is 0.410 e. The van der Waals surface area contributed by atoms with Gasteiger partial charge in [0.05, 0.1) is 13.2 Å². The van der Waals surface area contributed by atoms with E-state index in [9.17, 15) is 4.79 Å². The Labute approximate surface area is 110 Å². The van der Waals surface area contributed by atoms with Gasteiger partial charge in [-0.05, 0) is 32.1 Å². The standard InChI is InChI=1S/C14H25NO3/c1-3-4-9-18-13(16)15-10-14(11-17-2)7-5-12(15)6-8-14/h12H,3-11H2,1-2H3. The molecule has 104 valence electrons. The maximum atomic E-state index is 12.1. The lowest BCUT2D eigenvalue weighted by molar-refractivity contribution is -0.0558. The average Bonchev–Trinajstić information content (AvgIpc) is 2.40. The summed E-state index contributed by atoms with van der Waals surface area (Å²) in [7, 11) is 1.75. The number of methoxy groups -OCH3 is 1. The van der Waals surface area contributed by atoms with E-state index < -0.39 is 0 Å². The third-order valence-corrected chi connectivity index (χ3v) is 4.37. The fourth-order valence-corrected chi connectivity index (χ4v) is 3.27. The lowest BCUT2D eigenvalue weighted by Gasteiger charge is -2.51. The van der Waals surface area contributed by atoms with Gasteiger partial charge in [-0.3, -0.25) is 0 Å². The topological polar surface area (TPSA) is 38.8 Å². The first-order valence-electron chi connectivity index (χ1n) is 7.13. The molecule has 4 heteroatoms. The van der Waals surface area contributed by atoms with Crippen molar-refractivity contribution in [1.29, 1.82) is 0 Å². The molecular weight excluding hydrogens is 230 g/mol. The van der Waals surface area contributed by atoms with Crippen LogP contribution in [0.5, 0.6) is 0 Å². The van der Waals surface area contributed by atoms with E-state index in [1.807, 2.05) is 4.90 Å². The minimum atomic E-state index is -0.117. The Morgan fingerprint density at radius 3 is 2.72 bits per heavy atom. The van der Waals surface area contributed by atoms with Gasteiger partial charge in [0.1, 0.15) is 0 Å². The van der Waals surface area contributed by atoms with E-state index in [4.69, 9.17) is 9.47 Å². The molecule has 0 unspecified atom stereocenters. The molecule has 2 aliphatic heterocycles. The van der Waals surface area contributed by atoms with Crippen LogP contribution in [-0.2, 0) is 9.47 Å². The number of hydrogen-bond acceptors (Lipinski definition) is 3. The number of fused-ring (bicyclic) bond motifs is 3. The van der Waals surface area contributed by atoms with Gasteiger partial charge < -0.3 is 14.4 Å². The number of rotatable bonds is 5. The van der Waals surface area contributed by atoms with Crippen molar-refractivity contribution < 1.29 is 14.3 Å². The van der Waals surface area contributed by atoms with Crippen molar-refractivity contribution in [2.45, 2.75) is 51.5 Å². The molecule has 4 nitrogen and oxygen atoms in total. The molecule has 0 N–H and O–H groups in total. The third-order valence-electron chi connectivity index (χ3n) is 4.37. The van der Waals surface area contributed by atoms with Gasteiger partial charge in [-0.25, -0.2) is 4.79 Å². The summed E-state index contributed by atoms with van der Waals surface area (Å²) in [5.41, 5.74) is 0.188. The SMILES string of the molecule is CCCCOC(=O)N1CC2(COC)CCC1CC2. The van der Waals surface area contributed by atoms with Gasteiger partial charge in [0.2, 0.25) is 0 Å². The number of nitrogens with zero attached hydrogens (tertiary/aromatic N) is 1. The Bertz CT molecular complexity index is 279. The van der Waals surface area contributed by atoms with Gasteiger partial charge in [0.15, 0.2) is 0 Å². The number of amides is 1. The van der Waals surface area contributed by atoms with Crippen molar-refractivity contribution >= 4 is 6.09 Å². The van der Waals surface area contributed by atoms with Crippen molar-refractivity contribution in [3.8, 4) is 0 Å². The summed E-state index contributed by atoms with van der Waals surface area (Å²) in [6.45, 7) is 4.23. The summed E-state index contributed by atoms with van der Waals surface area (Å²) in [5, 5.41) is 0. The summed E-state index contributed by atoms with van der Waals surface area (Å²) < 4.78 is 10.7. The first kappa shape index (κ1) is 13.7. The normalized spacial score (nSPS) is 30.6. The van der Waals surface area contributed by atoms with E-state index in [0.717, 1.165) is 38.8 Å². The molecule has 0 aromatic rings. The molecule has 0 aromatic heterocycles. The Morgan fingerprint density at radius 2 is 2.11 bits per heavy atom. The molecule has 0 atom stereocenters. The van der Waals surface area contributed by atoms with Crippen molar-refractivity contribution in [2.24, 2.45) is 5.41 Å². The Kier molecular flexibility index (Phi) is 4.49. The summed E-state index contributed by atoms with van der Waals surface area (Å²) in [6, 6.07) is 0.401. The molecule has 2 heterocycles. The quantitative estimate of drug-likeness (QED) is 0.709.